The molecule has 1 saturated heterocycles. The van der Waals surface area contributed by atoms with Crippen LogP contribution in [0.1, 0.15) is 50.1 Å². The minimum absolute atomic E-state index is 0.0200. The summed E-state index contributed by atoms with van der Waals surface area (Å²) >= 11 is 5.73. The van der Waals surface area contributed by atoms with Gasteiger partial charge in [0.15, 0.2) is 0 Å². The van der Waals surface area contributed by atoms with E-state index < -0.39 is 15.8 Å². The molecule has 0 spiro atoms. The fraction of sp³-hybridized carbons (Fsp3) is 0.438. The number of hydrogen-bond donors (Lipinski definition) is 0. The van der Waals surface area contributed by atoms with Crippen molar-refractivity contribution in [3.63, 3.8) is 0 Å². The van der Waals surface area contributed by atoms with Gasteiger partial charge in [-0.25, -0.2) is 12.8 Å². The van der Waals surface area contributed by atoms with E-state index in [4.69, 9.17) is 16.1 Å². The van der Waals surface area contributed by atoms with Gasteiger partial charge in [-0.3, -0.25) is 0 Å². The molecule has 130 valence electrons. The van der Waals surface area contributed by atoms with Gasteiger partial charge < -0.3 is 4.52 Å². The van der Waals surface area contributed by atoms with Crippen molar-refractivity contribution in [3.05, 3.63) is 46.6 Å². The largest absolute Gasteiger partial charge is 0.361 e. The minimum atomic E-state index is -3.79. The first-order chi connectivity index (χ1) is 11.3. The zero-order valence-corrected chi connectivity index (χ0v) is 14.9. The van der Waals surface area contributed by atoms with E-state index in [1.54, 1.807) is 6.07 Å². The van der Waals surface area contributed by atoms with Crippen molar-refractivity contribution < 1.29 is 17.3 Å². The van der Waals surface area contributed by atoms with Gasteiger partial charge in [0.25, 0.3) is 0 Å². The van der Waals surface area contributed by atoms with Crippen molar-refractivity contribution in [2.45, 2.75) is 43.5 Å². The van der Waals surface area contributed by atoms with Gasteiger partial charge in [0, 0.05) is 18.5 Å². The van der Waals surface area contributed by atoms with Gasteiger partial charge in [0.05, 0.1) is 16.0 Å². The zero-order chi connectivity index (χ0) is 17.5. The molecule has 1 aromatic heterocycles. The molecule has 24 heavy (non-hydrogen) atoms. The molecule has 5 nitrogen and oxygen atoms in total. The Morgan fingerprint density at radius 2 is 2.12 bits per heavy atom. The molecule has 1 aromatic carbocycles. The second kappa shape index (κ2) is 6.46. The van der Waals surface area contributed by atoms with Gasteiger partial charge in [-0.1, -0.05) is 30.6 Å². The molecule has 1 unspecified atom stereocenters. The van der Waals surface area contributed by atoms with E-state index in [9.17, 15) is 12.8 Å². The summed E-state index contributed by atoms with van der Waals surface area (Å²) in [5.41, 5.74) is 0.605. The average molecular weight is 373 g/mol. The van der Waals surface area contributed by atoms with Gasteiger partial charge in [0.2, 0.25) is 10.0 Å². The van der Waals surface area contributed by atoms with Crippen LogP contribution in [-0.4, -0.2) is 24.4 Å². The number of nitrogens with zero attached hydrogens (tertiary/aromatic N) is 2. The van der Waals surface area contributed by atoms with Crippen LogP contribution in [0.2, 0.25) is 5.02 Å². The molecule has 0 radical (unpaired) electrons. The third-order valence-corrected chi connectivity index (χ3v) is 6.35. The summed E-state index contributed by atoms with van der Waals surface area (Å²) < 4.78 is 45.8. The van der Waals surface area contributed by atoms with E-state index in [1.165, 1.54) is 10.4 Å². The Balaban J connectivity index is 1.95. The number of sulfonamides is 1. The maximum absolute atomic E-state index is 13.3. The Kier molecular flexibility index (Phi) is 4.68. The lowest BCUT2D eigenvalue weighted by Crippen LogP contribution is -2.30. The molecular formula is C16H18ClFN2O3S. The highest BCUT2D eigenvalue weighted by molar-refractivity contribution is 7.89. The zero-order valence-electron chi connectivity index (χ0n) is 13.4. The fourth-order valence-electron chi connectivity index (χ4n) is 2.83. The molecule has 2 heterocycles. The number of aromatic nitrogens is 1. The lowest BCUT2D eigenvalue weighted by Gasteiger charge is -2.22. The molecule has 0 aliphatic carbocycles. The normalized spacial score (nSPS) is 19.3. The van der Waals surface area contributed by atoms with Crippen LogP contribution in [0.4, 0.5) is 4.39 Å². The fourth-order valence-corrected chi connectivity index (χ4v) is 4.77. The highest BCUT2D eigenvalue weighted by Gasteiger charge is 2.38. The molecule has 3 rings (SSSR count). The molecule has 1 fully saturated rings. The Bertz CT molecular complexity index is 851. The van der Waals surface area contributed by atoms with E-state index in [0.29, 0.717) is 18.7 Å². The van der Waals surface area contributed by atoms with Gasteiger partial charge in [-0.05, 0) is 31.0 Å². The average Bonchev–Trinajstić information content (AvgIpc) is 3.17. The second-order valence-corrected chi connectivity index (χ2v) is 8.46. The van der Waals surface area contributed by atoms with Gasteiger partial charge in [-0.2, -0.15) is 4.31 Å². The molecule has 1 aliphatic rings. The highest BCUT2D eigenvalue weighted by Crippen LogP contribution is 2.37. The SMILES string of the molecule is CC(C)c1cc(C2CCCN2S(=O)(=O)c2ccc(F)c(Cl)c2)no1. The van der Waals surface area contributed by atoms with Crippen molar-refractivity contribution in [3.8, 4) is 0 Å². The molecule has 1 aliphatic heterocycles. The maximum Gasteiger partial charge on any atom is 0.243 e. The molecule has 0 N–H and O–H groups in total. The van der Waals surface area contributed by atoms with Crippen molar-refractivity contribution in [1.29, 1.82) is 0 Å². The van der Waals surface area contributed by atoms with Crippen molar-refractivity contribution in [1.82, 2.24) is 9.46 Å². The molecule has 8 heteroatoms. The monoisotopic (exact) mass is 372 g/mol. The van der Waals surface area contributed by atoms with Crippen LogP contribution in [0.5, 0.6) is 0 Å². The van der Waals surface area contributed by atoms with E-state index in [-0.39, 0.29) is 21.9 Å². The number of rotatable bonds is 4. The highest BCUT2D eigenvalue weighted by atomic mass is 35.5. The third-order valence-electron chi connectivity index (χ3n) is 4.16. The Labute approximate surface area is 145 Å². The van der Waals surface area contributed by atoms with E-state index in [2.05, 4.69) is 5.16 Å². The van der Waals surface area contributed by atoms with Gasteiger partial charge >= 0.3 is 0 Å². The lowest BCUT2D eigenvalue weighted by molar-refractivity contribution is 0.338. The second-order valence-electron chi connectivity index (χ2n) is 6.16. The number of benzene rings is 1. The summed E-state index contributed by atoms with van der Waals surface area (Å²) in [6, 6.07) is 4.86. The summed E-state index contributed by atoms with van der Waals surface area (Å²) in [6.07, 6.45) is 1.39. The summed E-state index contributed by atoms with van der Waals surface area (Å²) in [6.45, 7) is 4.34. The Hall–Kier alpha value is -1.44. The molecule has 1 atom stereocenters. The van der Waals surface area contributed by atoms with Crippen LogP contribution in [0.3, 0.4) is 0 Å². The van der Waals surface area contributed by atoms with Crippen molar-refractivity contribution in [2.75, 3.05) is 6.54 Å². The van der Waals surface area contributed by atoms with E-state index in [1.807, 2.05) is 13.8 Å². The van der Waals surface area contributed by atoms with Crippen LogP contribution >= 0.6 is 11.6 Å². The van der Waals surface area contributed by atoms with Crippen molar-refractivity contribution >= 4 is 21.6 Å². The minimum Gasteiger partial charge on any atom is -0.361 e. The topological polar surface area (TPSA) is 63.4 Å². The summed E-state index contributed by atoms with van der Waals surface area (Å²) in [5, 5.41) is 3.83. The molecule has 0 bridgehead atoms. The Morgan fingerprint density at radius 3 is 2.75 bits per heavy atom. The van der Waals surface area contributed by atoms with Crippen LogP contribution in [0.25, 0.3) is 0 Å². The summed E-state index contributed by atoms with van der Waals surface area (Å²) in [5.74, 6) is 0.249. The maximum atomic E-state index is 13.3. The van der Waals surface area contributed by atoms with Crippen LogP contribution < -0.4 is 0 Å². The number of hydrogen-bond acceptors (Lipinski definition) is 4. The van der Waals surface area contributed by atoms with Crippen LogP contribution in [0.15, 0.2) is 33.7 Å². The molecule has 2 aromatic rings. The molecule has 0 amide bonds. The first-order valence-electron chi connectivity index (χ1n) is 7.74. The first kappa shape index (κ1) is 17.4. The first-order valence-corrected chi connectivity index (χ1v) is 9.56. The Morgan fingerprint density at radius 1 is 1.38 bits per heavy atom. The summed E-state index contributed by atoms with van der Waals surface area (Å²) in [4.78, 5) is -0.0200. The standard InChI is InChI=1S/C16H18ClFN2O3S/c1-10(2)16-9-14(19-23-16)15-4-3-7-20(15)24(21,22)11-5-6-13(18)12(17)8-11/h5-6,8-10,15H,3-4,7H2,1-2H3. The van der Waals surface area contributed by atoms with E-state index in [0.717, 1.165) is 24.3 Å². The quantitative estimate of drug-likeness (QED) is 0.809. The number of halogens is 2. The molecule has 0 saturated carbocycles. The summed E-state index contributed by atoms with van der Waals surface area (Å²) in [7, 11) is -3.79. The molecular weight excluding hydrogens is 355 g/mol. The predicted octanol–water partition coefficient (Wildman–Crippen LogP) is 4.12. The van der Waals surface area contributed by atoms with Crippen LogP contribution in [-0.2, 0) is 10.0 Å². The van der Waals surface area contributed by atoms with Gasteiger partial charge in [0.1, 0.15) is 17.3 Å². The van der Waals surface area contributed by atoms with Gasteiger partial charge in [-0.15, -0.1) is 0 Å². The third kappa shape index (κ3) is 3.08. The smallest absolute Gasteiger partial charge is 0.243 e. The lowest BCUT2D eigenvalue weighted by atomic mass is 10.1. The predicted molar refractivity (Wildman–Crippen MR) is 87.9 cm³/mol. The van der Waals surface area contributed by atoms with E-state index >= 15 is 0 Å². The van der Waals surface area contributed by atoms with Crippen molar-refractivity contribution in [2.24, 2.45) is 0 Å². The van der Waals surface area contributed by atoms with Crippen LogP contribution in [0, 0.1) is 5.82 Å².